The highest BCUT2D eigenvalue weighted by Crippen LogP contribution is 2.39. The molecule has 0 radical (unpaired) electrons. The smallest absolute Gasteiger partial charge is 0.267 e. The van der Waals surface area contributed by atoms with Gasteiger partial charge in [0, 0.05) is 13.0 Å². The molecule has 3 aliphatic rings. The molecule has 9 heteroatoms. The minimum atomic E-state index is -2.72. The van der Waals surface area contributed by atoms with E-state index in [9.17, 15) is 19.0 Å². The average molecular weight is 310 g/mol. The topological polar surface area (TPSA) is 85.5 Å². The van der Waals surface area contributed by atoms with E-state index in [0.29, 0.717) is 5.17 Å². The van der Waals surface area contributed by atoms with Crippen LogP contribution in [0.25, 0.3) is 0 Å². The number of thioether (sulfide) groups is 1. The summed E-state index contributed by atoms with van der Waals surface area (Å²) in [5.74, 6) is -2.72. The Morgan fingerprint density at radius 2 is 2.15 bits per heavy atom. The molecule has 0 amide bonds. The van der Waals surface area contributed by atoms with Crippen LogP contribution in [0, 0.1) is 0 Å². The Kier molecular flexibility index (Phi) is 3.66. The van der Waals surface area contributed by atoms with Gasteiger partial charge in [0.1, 0.15) is 29.8 Å². The number of halogens is 2. The maximum absolute atomic E-state index is 13.2. The van der Waals surface area contributed by atoms with Crippen molar-refractivity contribution in [1.29, 1.82) is 0 Å². The highest BCUT2D eigenvalue weighted by atomic mass is 32.2. The molecule has 0 aromatic carbocycles. The van der Waals surface area contributed by atoms with Gasteiger partial charge in [-0.05, 0) is 0 Å². The van der Waals surface area contributed by atoms with Crippen LogP contribution < -0.4 is 0 Å². The van der Waals surface area contributed by atoms with Crippen LogP contribution in [0.1, 0.15) is 6.42 Å². The van der Waals surface area contributed by atoms with Gasteiger partial charge in [-0.1, -0.05) is 11.8 Å². The number of aliphatic hydroxyl groups excluding tert-OH is 3. The maximum Gasteiger partial charge on any atom is 0.267 e. The molecule has 0 bridgehead atoms. The SMILES string of the molecule is OC[C@H]1O[C@@H]2SC(N3CCC(F)(F)C3)=N[C@@H]2[C@@H](O)[C@@H]1O. The second kappa shape index (κ2) is 5.06. The van der Waals surface area contributed by atoms with Crippen molar-refractivity contribution in [2.75, 3.05) is 19.7 Å². The molecule has 0 aliphatic carbocycles. The summed E-state index contributed by atoms with van der Waals surface area (Å²) in [5.41, 5.74) is -0.560. The highest BCUT2D eigenvalue weighted by Gasteiger charge is 2.50. The van der Waals surface area contributed by atoms with Crippen molar-refractivity contribution >= 4 is 16.9 Å². The molecule has 114 valence electrons. The first-order valence-electron chi connectivity index (χ1n) is 6.41. The largest absolute Gasteiger partial charge is 0.394 e. The van der Waals surface area contributed by atoms with E-state index in [-0.39, 0.29) is 19.5 Å². The Labute approximate surface area is 118 Å². The molecule has 0 spiro atoms. The molecule has 5 atom stereocenters. The van der Waals surface area contributed by atoms with Crippen molar-refractivity contribution in [1.82, 2.24) is 4.90 Å². The summed E-state index contributed by atoms with van der Waals surface area (Å²) in [6.07, 6.45) is -3.50. The summed E-state index contributed by atoms with van der Waals surface area (Å²) < 4.78 is 31.9. The lowest BCUT2D eigenvalue weighted by atomic mass is 9.99. The Bertz CT molecular complexity index is 425. The molecule has 3 rings (SSSR count). The first kappa shape index (κ1) is 14.5. The zero-order valence-electron chi connectivity index (χ0n) is 10.5. The fraction of sp³-hybridized carbons (Fsp3) is 0.909. The Morgan fingerprint density at radius 1 is 1.40 bits per heavy atom. The molecule has 2 fully saturated rings. The minimum absolute atomic E-state index is 0.209. The number of fused-ring (bicyclic) bond motifs is 1. The summed E-state index contributed by atoms with van der Waals surface area (Å²) in [4.78, 5) is 5.68. The summed E-state index contributed by atoms with van der Waals surface area (Å²) in [7, 11) is 0. The Hall–Kier alpha value is -0.480. The van der Waals surface area contributed by atoms with Gasteiger partial charge in [0.15, 0.2) is 5.17 Å². The van der Waals surface area contributed by atoms with Crippen LogP contribution in [0.2, 0.25) is 0 Å². The van der Waals surface area contributed by atoms with Gasteiger partial charge in [-0.15, -0.1) is 0 Å². The summed E-state index contributed by atoms with van der Waals surface area (Å²) in [5, 5.41) is 29.3. The van der Waals surface area contributed by atoms with Crippen LogP contribution in [-0.4, -0.2) is 80.8 Å². The van der Waals surface area contributed by atoms with Crippen molar-refractivity contribution in [2.24, 2.45) is 4.99 Å². The van der Waals surface area contributed by atoms with Crippen LogP contribution in [0.15, 0.2) is 4.99 Å². The van der Waals surface area contributed by atoms with Gasteiger partial charge in [0.05, 0.1) is 13.2 Å². The molecule has 2 saturated heterocycles. The summed E-state index contributed by atoms with van der Waals surface area (Å²) in [6, 6.07) is -0.693. The number of hydrogen-bond donors (Lipinski definition) is 3. The maximum atomic E-state index is 13.2. The Balaban J connectivity index is 1.73. The van der Waals surface area contributed by atoms with E-state index in [4.69, 9.17) is 9.84 Å². The summed E-state index contributed by atoms with van der Waals surface area (Å²) >= 11 is 1.16. The highest BCUT2D eigenvalue weighted by molar-refractivity contribution is 8.14. The van der Waals surface area contributed by atoms with E-state index in [1.54, 1.807) is 0 Å². The van der Waals surface area contributed by atoms with Gasteiger partial charge in [-0.2, -0.15) is 0 Å². The van der Waals surface area contributed by atoms with Gasteiger partial charge in [-0.3, -0.25) is 4.99 Å². The third-order valence-corrected chi connectivity index (χ3v) is 4.97. The Morgan fingerprint density at radius 3 is 2.75 bits per heavy atom. The second-order valence-corrected chi connectivity index (χ2v) is 6.32. The number of nitrogens with zero attached hydrogens (tertiary/aromatic N) is 2. The van der Waals surface area contributed by atoms with E-state index in [1.807, 2.05) is 0 Å². The standard InChI is InChI=1S/C11H16F2N2O4S/c12-11(13)1-2-15(4-11)10-14-6-8(18)7(17)5(3-16)19-9(6)20-10/h5-9,16-18H,1-4H2/t5-,6-,7-,8-,9-/m1/s1. The number of aliphatic hydroxyl groups is 3. The molecule has 0 unspecified atom stereocenters. The number of amidine groups is 1. The predicted molar refractivity (Wildman–Crippen MR) is 67.7 cm³/mol. The quantitative estimate of drug-likeness (QED) is 0.590. The van der Waals surface area contributed by atoms with Crippen molar-refractivity contribution in [3.05, 3.63) is 0 Å². The average Bonchev–Trinajstić information content (AvgIpc) is 2.97. The van der Waals surface area contributed by atoms with Crippen LogP contribution >= 0.6 is 11.8 Å². The number of rotatable bonds is 1. The molecule has 3 aliphatic heterocycles. The van der Waals surface area contributed by atoms with Gasteiger partial charge < -0.3 is 25.0 Å². The lowest BCUT2D eigenvalue weighted by molar-refractivity contribution is -0.164. The normalized spacial score (nSPS) is 43.5. The van der Waals surface area contributed by atoms with E-state index in [2.05, 4.69) is 4.99 Å². The number of ether oxygens (including phenoxy) is 1. The van der Waals surface area contributed by atoms with E-state index >= 15 is 0 Å². The monoisotopic (exact) mass is 310 g/mol. The zero-order chi connectivity index (χ0) is 14.5. The van der Waals surface area contributed by atoms with Crippen LogP contribution in [0.4, 0.5) is 8.78 Å². The second-order valence-electron chi connectivity index (χ2n) is 5.25. The minimum Gasteiger partial charge on any atom is -0.394 e. The first-order chi connectivity index (χ1) is 9.41. The van der Waals surface area contributed by atoms with Crippen LogP contribution in [0.5, 0.6) is 0 Å². The zero-order valence-corrected chi connectivity index (χ0v) is 11.3. The molecular formula is C11H16F2N2O4S. The summed E-state index contributed by atoms with van der Waals surface area (Å²) in [6.45, 7) is -0.597. The van der Waals surface area contributed by atoms with Crippen molar-refractivity contribution in [3.8, 4) is 0 Å². The van der Waals surface area contributed by atoms with Gasteiger partial charge >= 0.3 is 0 Å². The first-order valence-corrected chi connectivity index (χ1v) is 7.29. The van der Waals surface area contributed by atoms with Crippen LogP contribution in [0.3, 0.4) is 0 Å². The molecule has 20 heavy (non-hydrogen) atoms. The third-order valence-electron chi connectivity index (χ3n) is 3.77. The number of hydrogen-bond acceptors (Lipinski definition) is 7. The van der Waals surface area contributed by atoms with Crippen molar-refractivity contribution in [2.45, 2.75) is 42.1 Å². The molecule has 6 nitrogen and oxygen atoms in total. The number of alkyl halides is 2. The van der Waals surface area contributed by atoms with Crippen molar-refractivity contribution < 1.29 is 28.8 Å². The van der Waals surface area contributed by atoms with Gasteiger partial charge in [0.25, 0.3) is 5.92 Å². The fourth-order valence-corrected chi connectivity index (χ4v) is 3.87. The third kappa shape index (κ3) is 2.41. The lowest BCUT2D eigenvalue weighted by Crippen LogP contribution is -2.55. The molecule has 3 N–H and O–H groups in total. The van der Waals surface area contributed by atoms with E-state index < -0.39 is 42.3 Å². The van der Waals surface area contributed by atoms with Crippen LogP contribution in [-0.2, 0) is 4.74 Å². The fourth-order valence-electron chi connectivity index (χ4n) is 2.62. The molecule has 0 saturated carbocycles. The lowest BCUT2D eigenvalue weighted by Gasteiger charge is -2.37. The van der Waals surface area contributed by atoms with Gasteiger partial charge in [0.2, 0.25) is 0 Å². The van der Waals surface area contributed by atoms with Gasteiger partial charge in [-0.25, -0.2) is 8.78 Å². The van der Waals surface area contributed by atoms with E-state index in [0.717, 1.165) is 11.8 Å². The molecular weight excluding hydrogens is 294 g/mol. The molecule has 0 aromatic rings. The molecule has 3 heterocycles. The van der Waals surface area contributed by atoms with E-state index in [1.165, 1.54) is 4.90 Å². The number of aliphatic imine (C=N–C) groups is 1. The van der Waals surface area contributed by atoms with Crippen molar-refractivity contribution in [3.63, 3.8) is 0 Å². The predicted octanol–water partition coefficient (Wildman–Crippen LogP) is -0.762. The number of likely N-dealkylation sites (tertiary alicyclic amines) is 1. The molecule has 0 aromatic heterocycles.